The molecule has 0 unspecified atom stereocenters. The molecule has 5 N–H and O–H groups in total. The Kier molecular flexibility index (Phi) is 3.81. The summed E-state index contributed by atoms with van der Waals surface area (Å²) >= 11 is 0. The fraction of sp³-hybridized carbons (Fsp3) is 0.158. The first kappa shape index (κ1) is 17.5. The lowest BCUT2D eigenvalue weighted by atomic mass is 10.1. The molecule has 4 rings (SSSR count). The van der Waals surface area contributed by atoms with Crippen molar-refractivity contribution < 1.29 is 9.90 Å². The second kappa shape index (κ2) is 6.08. The number of benzene rings is 1. The van der Waals surface area contributed by atoms with Crippen molar-refractivity contribution in [1.29, 1.82) is 0 Å². The van der Waals surface area contributed by atoms with Crippen molar-refractivity contribution >= 4 is 22.8 Å². The molecule has 28 heavy (non-hydrogen) atoms. The number of fused-ring (bicyclic) bond motifs is 1. The Morgan fingerprint density at radius 2 is 1.89 bits per heavy atom. The molecular formula is C19H19N7O2. The monoisotopic (exact) mass is 377 g/mol. The van der Waals surface area contributed by atoms with E-state index in [1.54, 1.807) is 47.6 Å². The number of carbonyl (C=O) groups is 1. The van der Waals surface area contributed by atoms with Gasteiger partial charge in [-0.25, -0.2) is 0 Å². The van der Waals surface area contributed by atoms with Gasteiger partial charge in [-0.2, -0.15) is 5.10 Å². The molecule has 1 aromatic carbocycles. The van der Waals surface area contributed by atoms with Gasteiger partial charge in [-0.05, 0) is 37.6 Å². The summed E-state index contributed by atoms with van der Waals surface area (Å²) < 4.78 is 3.34. The standard InChI is InChI=1S/C19H19N7O2/c1-9-4-5-14(27)10(2)17(9)26-13-8-12(11-6-7-25(3)24-11)22-23-16(13)15(18(26)20)19(21)28/h4-8,27H,20H2,1-3H3,(H2,21,28). The fourth-order valence-electron chi connectivity index (χ4n) is 3.42. The number of aromatic hydroxyl groups is 1. The predicted molar refractivity (Wildman–Crippen MR) is 105 cm³/mol. The first-order valence-corrected chi connectivity index (χ1v) is 8.56. The van der Waals surface area contributed by atoms with E-state index in [0.29, 0.717) is 33.7 Å². The van der Waals surface area contributed by atoms with E-state index in [9.17, 15) is 9.90 Å². The number of nitrogen functional groups attached to an aromatic ring is 1. The van der Waals surface area contributed by atoms with Crippen LogP contribution in [0.2, 0.25) is 0 Å². The topological polar surface area (TPSA) is 138 Å². The van der Waals surface area contributed by atoms with Gasteiger partial charge in [0.25, 0.3) is 5.91 Å². The van der Waals surface area contributed by atoms with E-state index < -0.39 is 5.91 Å². The molecule has 0 saturated carbocycles. The van der Waals surface area contributed by atoms with Crippen LogP contribution in [-0.2, 0) is 7.05 Å². The van der Waals surface area contributed by atoms with Gasteiger partial charge in [0.2, 0.25) is 0 Å². The maximum absolute atomic E-state index is 12.1. The molecule has 9 nitrogen and oxygen atoms in total. The molecule has 142 valence electrons. The molecule has 4 aromatic rings. The predicted octanol–water partition coefficient (Wildman–Crippen LogP) is 1.82. The Hall–Kier alpha value is -3.88. The molecule has 0 aliphatic heterocycles. The molecule has 0 bridgehead atoms. The van der Waals surface area contributed by atoms with Gasteiger partial charge >= 0.3 is 0 Å². The Labute approximate surface area is 160 Å². The van der Waals surface area contributed by atoms with Crippen LogP contribution < -0.4 is 11.5 Å². The maximum Gasteiger partial charge on any atom is 0.254 e. The molecule has 0 radical (unpaired) electrons. The first-order valence-electron chi connectivity index (χ1n) is 8.56. The highest BCUT2D eigenvalue weighted by atomic mass is 16.3. The lowest BCUT2D eigenvalue weighted by molar-refractivity contribution is 0.100. The number of nitrogens with zero attached hydrogens (tertiary/aromatic N) is 5. The van der Waals surface area contributed by atoms with Crippen molar-refractivity contribution in [3.05, 3.63) is 47.2 Å². The molecule has 1 amide bonds. The van der Waals surface area contributed by atoms with Crippen LogP contribution in [0.1, 0.15) is 21.5 Å². The lowest BCUT2D eigenvalue weighted by Crippen LogP contribution is -2.14. The SMILES string of the molecule is Cc1ccc(O)c(C)c1-n1c(N)c(C(N)=O)c2nnc(-c3ccn(C)n3)cc21. The third-order valence-corrected chi connectivity index (χ3v) is 4.80. The highest BCUT2D eigenvalue weighted by Crippen LogP contribution is 2.36. The van der Waals surface area contributed by atoms with E-state index in [4.69, 9.17) is 11.5 Å². The zero-order valence-corrected chi connectivity index (χ0v) is 15.6. The number of aromatic nitrogens is 5. The summed E-state index contributed by atoms with van der Waals surface area (Å²) in [7, 11) is 1.81. The van der Waals surface area contributed by atoms with Gasteiger partial charge in [-0.3, -0.25) is 14.0 Å². The van der Waals surface area contributed by atoms with Gasteiger partial charge in [0.1, 0.15) is 34.0 Å². The quantitative estimate of drug-likeness (QED) is 0.498. The van der Waals surface area contributed by atoms with E-state index in [1.807, 2.05) is 13.0 Å². The van der Waals surface area contributed by atoms with Crippen LogP contribution in [0, 0.1) is 13.8 Å². The van der Waals surface area contributed by atoms with Gasteiger partial charge < -0.3 is 16.6 Å². The van der Waals surface area contributed by atoms with Gasteiger partial charge in [0, 0.05) is 18.8 Å². The third-order valence-electron chi connectivity index (χ3n) is 4.80. The average molecular weight is 377 g/mol. The Morgan fingerprint density at radius 1 is 1.14 bits per heavy atom. The van der Waals surface area contributed by atoms with Crippen LogP contribution >= 0.6 is 0 Å². The summed E-state index contributed by atoms with van der Waals surface area (Å²) in [5.74, 6) is -0.433. The number of aryl methyl sites for hydroxylation is 2. The minimum absolute atomic E-state index is 0.0946. The Balaban J connectivity index is 2.12. The van der Waals surface area contributed by atoms with Crippen molar-refractivity contribution in [2.75, 3.05) is 5.73 Å². The Morgan fingerprint density at radius 3 is 2.54 bits per heavy atom. The van der Waals surface area contributed by atoms with E-state index in [0.717, 1.165) is 5.56 Å². The largest absolute Gasteiger partial charge is 0.508 e. The second-order valence-electron chi connectivity index (χ2n) is 6.67. The van der Waals surface area contributed by atoms with Crippen LogP contribution in [0.25, 0.3) is 28.1 Å². The lowest BCUT2D eigenvalue weighted by Gasteiger charge is -2.15. The molecule has 0 atom stereocenters. The smallest absolute Gasteiger partial charge is 0.254 e. The molecule has 0 aliphatic rings. The van der Waals surface area contributed by atoms with Crippen molar-refractivity contribution in [2.45, 2.75) is 13.8 Å². The zero-order valence-electron chi connectivity index (χ0n) is 15.6. The van der Waals surface area contributed by atoms with Crippen LogP contribution in [-0.4, -0.2) is 35.6 Å². The van der Waals surface area contributed by atoms with Crippen molar-refractivity contribution in [3.8, 4) is 22.8 Å². The van der Waals surface area contributed by atoms with E-state index in [-0.39, 0.29) is 17.1 Å². The van der Waals surface area contributed by atoms with Crippen LogP contribution in [0.4, 0.5) is 5.82 Å². The number of hydrogen-bond donors (Lipinski definition) is 3. The molecule has 3 aromatic heterocycles. The molecule has 0 fully saturated rings. The minimum atomic E-state index is -0.698. The summed E-state index contributed by atoms with van der Waals surface area (Å²) in [6.07, 6.45) is 1.80. The second-order valence-corrected chi connectivity index (χ2v) is 6.67. The van der Waals surface area contributed by atoms with Crippen molar-refractivity contribution in [2.24, 2.45) is 12.8 Å². The van der Waals surface area contributed by atoms with E-state index in [1.165, 1.54) is 0 Å². The summed E-state index contributed by atoms with van der Waals surface area (Å²) in [5.41, 5.74) is 16.1. The number of amides is 1. The molecule has 0 aliphatic carbocycles. The number of hydrogen-bond acceptors (Lipinski definition) is 6. The van der Waals surface area contributed by atoms with Crippen molar-refractivity contribution in [1.82, 2.24) is 24.5 Å². The summed E-state index contributed by atoms with van der Waals surface area (Å²) in [4.78, 5) is 12.1. The molecule has 3 heterocycles. The van der Waals surface area contributed by atoms with E-state index in [2.05, 4.69) is 15.3 Å². The molecule has 0 saturated heterocycles. The van der Waals surface area contributed by atoms with Gasteiger partial charge in [0.15, 0.2) is 0 Å². The van der Waals surface area contributed by atoms with Crippen LogP contribution in [0.5, 0.6) is 5.75 Å². The number of phenols is 1. The fourth-order valence-corrected chi connectivity index (χ4v) is 3.42. The number of carbonyl (C=O) groups excluding carboxylic acids is 1. The summed E-state index contributed by atoms with van der Waals surface area (Å²) in [6, 6.07) is 6.97. The zero-order chi connectivity index (χ0) is 20.2. The first-order chi connectivity index (χ1) is 13.3. The Bertz CT molecular complexity index is 1250. The average Bonchev–Trinajstić information content (AvgIpc) is 3.20. The molecule has 9 heteroatoms. The minimum Gasteiger partial charge on any atom is -0.508 e. The van der Waals surface area contributed by atoms with Crippen LogP contribution in [0.3, 0.4) is 0 Å². The highest BCUT2D eigenvalue weighted by Gasteiger charge is 2.25. The van der Waals surface area contributed by atoms with Crippen LogP contribution in [0.15, 0.2) is 30.5 Å². The normalized spacial score (nSPS) is 11.2. The highest BCUT2D eigenvalue weighted by molar-refractivity contribution is 6.10. The number of phenolic OH excluding ortho intramolecular Hbond substituents is 1. The van der Waals surface area contributed by atoms with Gasteiger partial charge in [-0.1, -0.05) is 6.07 Å². The van der Waals surface area contributed by atoms with E-state index >= 15 is 0 Å². The molecule has 0 spiro atoms. The maximum atomic E-state index is 12.1. The van der Waals surface area contributed by atoms with Gasteiger partial charge in [-0.15, -0.1) is 10.2 Å². The summed E-state index contributed by atoms with van der Waals surface area (Å²) in [5, 5.41) is 23.0. The number of rotatable bonds is 3. The molecular weight excluding hydrogens is 358 g/mol. The summed E-state index contributed by atoms with van der Waals surface area (Å²) in [6.45, 7) is 3.67. The van der Waals surface area contributed by atoms with Crippen molar-refractivity contribution in [3.63, 3.8) is 0 Å². The third kappa shape index (κ3) is 2.48. The number of primary amides is 1. The van der Waals surface area contributed by atoms with Gasteiger partial charge in [0.05, 0.1) is 11.2 Å². The number of anilines is 1. The number of nitrogens with two attached hydrogens (primary N) is 2.